The Morgan fingerprint density at radius 2 is 1.26 bits per heavy atom. The van der Waals surface area contributed by atoms with E-state index in [1.807, 2.05) is 0 Å². The van der Waals surface area contributed by atoms with Crippen molar-refractivity contribution in [1.82, 2.24) is 10.2 Å². The fourth-order valence-electron chi connectivity index (χ4n) is 2.32. The highest BCUT2D eigenvalue weighted by atomic mass is 35.5. The van der Waals surface area contributed by atoms with Gasteiger partial charge in [-0.25, -0.2) is 0 Å². The molecule has 2 aromatic carbocycles. The monoisotopic (exact) mass is 512 g/mol. The number of amides is 2. The summed E-state index contributed by atoms with van der Waals surface area (Å²) < 4.78 is 1.30. The molecule has 6 nitrogen and oxygen atoms in total. The van der Waals surface area contributed by atoms with Crippen molar-refractivity contribution in [2.75, 3.05) is 10.6 Å². The molecule has 0 saturated heterocycles. The van der Waals surface area contributed by atoms with Crippen LogP contribution in [0, 0.1) is 0 Å². The van der Waals surface area contributed by atoms with E-state index >= 15 is 0 Å². The van der Waals surface area contributed by atoms with Crippen LogP contribution < -0.4 is 10.6 Å². The van der Waals surface area contributed by atoms with Crippen LogP contribution in [-0.2, 0) is 9.59 Å². The summed E-state index contributed by atoms with van der Waals surface area (Å²) in [6.45, 7) is 3.58. The molecule has 0 spiro atoms. The van der Waals surface area contributed by atoms with E-state index in [-0.39, 0.29) is 22.3 Å². The largest absolute Gasteiger partial charge is 0.325 e. The Labute approximate surface area is 202 Å². The molecule has 0 radical (unpaired) electrons. The molecule has 0 saturated carbocycles. The van der Waals surface area contributed by atoms with Crippen molar-refractivity contribution in [3.05, 3.63) is 58.6 Å². The zero-order valence-corrected chi connectivity index (χ0v) is 20.4. The number of aromatic nitrogens is 2. The zero-order chi connectivity index (χ0) is 22.4. The second-order valence-corrected chi connectivity index (χ2v) is 11.4. The number of nitrogens with zero attached hydrogens (tertiary/aromatic N) is 2. The smallest absolute Gasteiger partial charge is 0.237 e. The van der Waals surface area contributed by atoms with Gasteiger partial charge in [0.2, 0.25) is 11.8 Å². The van der Waals surface area contributed by atoms with E-state index in [9.17, 15) is 9.59 Å². The lowest BCUT2D eigenvalue weighted by atomic mass is 10.3. The quantitative estimate of drug-likeness (QED) is 0.355. The summed E-state index contributed by atoms with van der Waals surface area (Å²) in [6.07, 6.45) is 0. The number of benzene rings is 2. The highest BCUT2D eigenvalue weighted by Gasteiger charge is 2.20. The van der Waals surface area contributed by atoms with Crippen molar-refractivity contribution in [2.45, 2.75) is 33.0 Å². The van der Waals surface area contributed by atoms with E-state index in [1.165, 1.54) is 34.9 Å². The molecule has 2 N–H and O–H groups in total. The van der Waals surface area contributed by atoms with Gasteiger partial charge in [-0.3, -0.25) is 9.59 Å². The first-order chi connectivity index (χ1) is 14.8. The molecule has 2 atom stereocenters. The topological polar surface area (TPSA) is 84.0 Å². The average Bonchev–Trinajstić information content (AvgIpc) is 3.14. The number of anilines is 2. The summed E-state index contributed by atoms with van der Waals surface area (Å²) in [5.41, 5.74) is 1.27. The molecule has 0 fully saturated rings. The Bertz CT molecular complexity index is 998. The lowest BCUT2D eigenvalue weighted by Gasteiger charge is -2.10. The molecule has 3 aromatic rings. The van der Waals surface area contributed by atoms with Gasteiger partial charge >= 0.3 is 0 Å². The van der Waals surface area contributed by atoms with Gasteiger partial charge in [-0.2, -0.15) is 0 Å². The summed E-state index contributed by atoms with van der Waals surface area (Å²) in [5, 5.41) is 14.3. The minimum atomic E-state index is -0.381. The van der Waals surface area contributed by atoms with Gasteiger partial charge in [0.25, 0.3) is 0 Å². The van der Waals surface area contributed by atoms with Crippen LogP contribution in [0.25, 0.3) is 0 Å². The third-order valence-corrected chi connectivity index (χ3v) is 7.63. The van der Waals surface area contributed by atoms with Crippen LogP contribution in [0.1, 0.15) is 13.8 Å². The van der Waals surface area contributed by atoms with Crippen molar-refractivity contribution in [2.24, 2.45) is 0 Å². The second kappa shape index (κ2) is 11.2. The number of carbonyl (C=O) groups is 2. The Morgan fingerprint density at radius 3 is 1.65 bits per heavy atom. The molecular weight excluding hydrogens is 495 g/mol. The Hall–Kier alpha value is -1.78. The number of nitrogens with one attached hydrogen (secondary N) is 2. The van der Waals surface area contributed by atoms with Crippen LogP contribution >= 0.6 is 58.1 Å². The van der Waals surface area contributed by atoms with Crippen LogP contribution in [0.15, 0.2) is 57.2 Å². The predicted molar refractivity (Wildman–Crippen MR) is 131 cm³/mol. The van der Waals surface area contributed by atoms with Crippen LogP contribution in [0.4, 0.5) is 11.4 Å². The molecule has 1 heterocycles. The third kappa shape index (κ3) is 7.40. The molecule has 0 bridgehead atoms. The highest BCUT2D eigenvalue weighted by Crippen LogP contribution is 2.33. The first-order valence-electron chi connectivity index (χ1n) is 9.10. The van der Waals surface area contributed by atoms with Gasteiger partial charge in [-0.05, 0) is 50.2 Å². The molecule has 1 aromatic heterocycles. The van der Waals surface area contributed by atoms with Gasteiger partial charge in [-0.1, -0.05) is 70.2 Å². The fourth-order valence-corrected chi connectivity index (χ4v) is 6.01. The van der Waals surface area contributed by atoms with Crippen LogP contribution in [0.3, 0.4) is 0 Å². The molecule has 3 rings (SSSR count). The molecule has 31 heavy (non-hydrogen) atoms. The maximum absolute atomic E-state index is 12.4. The summed E-state index contributed by atoms with van der Waals surface area (Å²) in [5.74, 6) is -0.322. The van der Waals surface area contributed by atoms with Gasteiger partial charge in [0.05, 0.1) is 10.5 Å². The van der Waals surface area contributed by atoms with Crippen molar-refractivity contribution >= 4 is 81.3 Å². The van der Waals surface area contributed by atoms with E-state index in [1.54, 1.807) is 62.4 Å². The summed E-state index contributed by atoms with van der Waals surface area (Å²) in [7, 11) is 0. The number of hydrogen-bond donors (Lipinski definition) is 2. The van der Waals surface area contributed by atoms with E-state index in [2.05, 4.69) is 20.8 Å². The maximum atomic E-state index is 12.4. The number of carbonyl (C=O) groups excluding carboxylic acids is 2. The maximum Gasteiger partial charge on any atom is 0.237 e. The van der Waals surface area contributed by atoms with Crippen LogP contribution in [0.5, 0.6) is 0 Å². The van der Waals surface area contributed by atoms with Gasteiger partial charge < -0.3 is 10.6 Å². The molecule has 0 aliphatic rings. The fraction of sp³-hybridized carbons (Fsp3) is 0.200. The van der Waals surface area contributed by atoms with Gasteiger partial charge in [-0.15, -0.1) is 10.2 Å². The Kier molecular flexibility index (Phi) is 8.62. The SMILES string of the molecule is C[C@@H](Sc1nnc(S[C@H](C)C(=O)Nc2cccc(Cl)c2)s1)C(=O)Nc1cccc(Cl)c1. The normalized spacial score (nSPS) is 12.8. The van der Waals surface area contributed by atoms with Gasteiger partial charge in [0.1, 0.15) is 0 Å². The van der Waals surface area contributed by atoms with Crippen molar-refractivity contribution in [1.29, 1.82) is 0 Å². The second-order valence-electron chi connectivity index (χ2n) is 6.35. The van der Waals surface area contributed by atoms with Gasteiger partial charge in [0, 0.05) is 21.4 Å². The molecule has 2 amide bonds. The lowest BCUT2D eigenvalue weighted by molar-refractivity contribution is -0.116. The van der Waals surface area contributed by atoms with E-state index < -0.39 is 0 Å². The van der Waals surface area contributed by atoms with Gasteiger partial charge in [0.15, 0.2) is 8.68 Å². The summed E-state index contributed by atoms with van der Waals surface area (Å²) in [4.78, 5) is 24.8. The lowest BCUT2D eigenvalue weighted by Crippen LogP contribution is -2.22. The minimum Gasteiger partial charge on any atom is -0.325 e. The molecule has 11 heteroatoms. The minimum absolute atomic E-state index is 0.161. The van der Waals surface area contributed by atoms with Crippen molar-refractivity contribution in [3.8, 4) is 0 Å². The van der Waals surface area contributed by atoms with E-state index in [0.29, 0.717) is 30.1 Å². The number of hydrogen-bond acceptors (Lipinski definition) is 7. The Morgan fingerprint density at radius 1 is 0.839 bits per heavy atom. The number of halogens is 2. The standard InChI is InChI=1S/C20H18Cl2N4O2S3/c1-11(17(27)23-15-7-3-5-13(21)9-15)29-19-25-26-20(31-19)30-12(2)18(28)24-16-8-4-6-14(22)10-16/h3-12H,1-2H3,(H,23,27)(H,24,28)/t11-,12-/m1/s1. The predicted octanol–water partition coefficient (Wildman–Crippen LogP) is 6.08. The summed E-state index contributed by atoms with van der Waals surface area (Å²) >= 11 is 15.9. The third-order valence-electron chi connectivity index (χ3n) is 3.87. The number of thioether (sulfide) groups is 2. The highest BCUT2D eigenvalue weighted by molar-refractivity contribution is 8.04. The molecule has 0 aliphatic heterocycles. The average molecular weight is 513 g/mol. The zero-order valence-electron chi connectivity index (χ0n) is 16.5. The van der Waals surface area contributed by atoms with Crippen molar-refractivity contribution < 1.29 is 9.59 Å². The molecule has 0 aliphatic carbocycles. The first-order valence-corrected chi connectivity index (χ1v) is 12.4. The molecule has 162 valence electrons. The van der Waals surface area contributed by atoms with E-state index in [0.717, 1.165) is 0 Å². The molecular formula is C20H18Cl2N4O2S3. The van der Waals surface area contributed by atoms with E-state index in [4.69, 9.17) is 23.2 Å². The number of rotatable bonds is 8. The van der Waals surface area contributed by atoms with Crippen LogP contribution in [-0.4, -0.2) is 32.5 Å². The van der Waals surface area contributed by atoms with Crippen LogP contribution in [0.2, 0.25) is 10.0 Å². The first kappa shape index (κ1) is 23.9. The summed E-state index contributed by atoms with van der Waals surface area (Å²) in [6, 6.07) is 14.0. The van der Waals surface area contributed by atoms with Crippen molar-refractivity contribution in [3.63, 3.8) is 0 Å². The molecule has 0 unspecified atom stereocenters. The Balaban J connectivity index is 1.52.